The number of nitrogen functional groups attached to an aromatic ring is 1. The molecule has 0 saturated heterocycles. The molecule has 21 heavy (non-hydrogen) atoms. The van der Waals surface area contributed by atoms with Crippen LogP contribution in [0.4, 0.5) is 5.69 Å². The van der Waals surface area contributed by atoms with Crippen molar-refractivity contribution in [3.05, 3.63) is 42.0 Å². The number of hydrogen-bond donors (Lipinski definition) is 2. The van der Waals surface area contributed by atoms with Gasteiger partial charge in [0.05, 0.1) is 5.56 Å². The van der Waals surface area contributed by atoms with Gasteiger partial charge in [-0.25, -0.2) is 0 Å². The van der Waals surface area contributed by atoms with E-state index < -0.39 is 0 Å². The second-order valence-corrected chi connectivity index (χ2v) is 5.01. The first kappa shape index (κ1) is 15.3. The number of rotatable bonds is 7. The van der Waals surface area contributed by atoms with Crippen molar-refractivity contribution in [3.63, 3.8) is 0 Å². The minimum absolute atomic E-state index is 0.131. The highest BCUT2D eigenvalue weighted by Crippen LogP contribution is 2.21. The van der Waals surface area contributed by atoms with E-state index in [4.69, 9.17) is 10.5 Å². The maximum Gasteiger partial charge on any atom is 0.253 e. The van der Waals surface area contributed by atoms with Crippen LogP contribution in [0.5, 0.6) is 0 Å². The largest absolute Gasteiger partial charge is 0.398 e. The van der Waals surface area contributed by atoms with Crippen molar-refractivity contribution < 1.29 is 9.53 Å². The molecule has 0 heterocycles. The number of benzene rings is 2. The zero-order chi connectivity index (χ0) is 15.1. The van der Waals surface area contributed by atoms with Gasteiger partial charge in [0.25, 0.3) is 5.91 Å². The van der Waals surface area contributed by atoms with Crippen LogP contribution in [0.1, 0.15) is 30.1 Å². The zero-order valence-electron chi connectivity index (χ0n) is 12.4. The SMILES string of the molecule is CCCOCCCNC(=O)c1cc2ccccc2cc1N. The molecule has 3 N–H and O–H groups in total. The van der Waals surface area contributed by atoms with Crippen molar-refractivity contribution in [2.24, 2.45) is 0 Å². The predicted octanol–water partition coefficient (Wildman–Crippen LogP) is 2.97. The van der Waals surface area contributed by atoms with E-state index in [0.29, 0.717) is 24.4 Å². The van der Waals surface area contributed by atoms with Gasteiger partial charge < -0.3 is 15.8 Å². The lowest BCUT2D eigenvalue weighted by molar-refractivity contribution is 0.0942. The number of amides is 1. The average Bonchev–Trinajstić information content (AvgIpc) is 2.49. The highest BCUT2D eigenvalue weighted by Gasteiger charge is 2.10. The van der Waals surface area contributed by atoms with Crippen LogP contribution >= 0.6 is 0 Å². The Bertz CT molecular complexity index is 611. The number of carbonyl (C=O) groups is 1. The third kappa shape index (κ3) is 4.20. The Kier molecular flexibility index (Phi) is 5.58. The van der Waals surface area contributed by atoms with Gasteiger partial charge in [-0.2, -0.15) is 0 Å². The number of nitrogens with two attached hydrogens (primary N) is 1. The van der Waals surface area contributed by atoms with Crippen LogP contribution in [-0.4, -0.2) is 25.7 Å². The number of anilines is 1. The van der Waals surface area contributed by atoms with Crippen molar-refractivity contribution >= 4 is 22.4 Å². The molecule has 2 aromatic rings. The highest BCUT2D eigenvalue weighted by atomic mass is 16.5. The second-order valence-electron chi connectivity index (χ2n) is 5.01. The molecular weight excluding hydrogens is 264 g/mol. The Morgan fingerprint density at radius 1 is 1.19 bits per heavy atom. The summed E-state index contributed by atoms with van der Waals surface area (Å²) in [5.74, 6) is -0.131. The monoisotopic (exact) mass is 286 g/mol. The maximum absolute atomic E-state index is 12.2. The summed E-state index contributed by atoms with van der Waals surface area (Å²) in [6.45, 7) is 4.10. The zero-order valence-corrected chi connectivity index (χ0v) is 12.4. The van der Waals surface area contributed by atoms with Crippen LogP contribution in [0, 0.1) is 0 Å². The summed E-state index contributed by atoms with van der Waals surface area (Å²) >= 11 is 0. The summed E-state index contributed by atoms with van der Waals surface area (Å²) in [6.07, 6.45) is 1.82. The molecule has 4 heteroatoms. The van der Waals surface area contributed by atoms with E-state index in [-0.39, 0.29) is 5.91 Å². The lowest BCUT2D eigenvalue weighted by atomic mass is 10.0. The fraction of sp³-hybridized carbons (Fsp3) is 0.353. The van der Waals surface area contributed by atoms with Gasteiger partial charge >= 0.3 is 0 Å². The van der Waals surface area contributed by atoms with Crippen LogP contribution < -0.4 is 11.1 Å². The van der Waals surface area contributed by atoms with E-state index in [1.165, 1.54) is 0 Å². The number of carbonyl (C=O) groups excluding carboxylic acids is 1. The molecular formula is C17H22N2O2. The Hall–Kier alpha value is -2.07. The summed E-state index contributed by atoms with van der Waals surface area (Å²) in [4.78, 5) is 12.2. The van der Waals surface area contributed by atoms with Gasteiger partial charge in [-0.15, -0.1) is 0 Å². The van der Waals surface area contributed by atoms with Crippen molar-refractivity contribution in [1.29, 1.82) is 0 Å². The molecule has 2 aromatic carbocycles. The minimum Gasteiger partial charge on any atom is -0.398 e. The number of hydrogen-bond acceptors (Lipinski definition) is 3. The summed E-state index contributed by atoms with van der Waals surface area (Å²) in [5, 5.41) is 4.94. The first-order chi connectivity index (χ1) is 10.2. The lowest BCUT2D eigenvalue weighted by Crippen LogP contribution is -2.26. The molecule has 0 aliphatic carbocycles. The van der Waals surface area contributed by atoms with Gasteiger partial charge in [0, 0.05) is 25.4 Å². The molecule has 0 unspecified atom stereocenters. The summed E-state index contributed by atoms with van der Waals surface area (Å²) in [6, 6.07) is 11.5. The van der Waals surface area contributed by atoms with Crippen molar-refractivity contribution in [2.75, 3.05) is 25.5 Å². The first-order valence-electron chi connectivity index (χ1n) is 7.36. The highest BCUT2D eigenvalue weighted by molar-refractivity contribution is 6.03. The Morgan fingerprint density at radius 2 is 1.90 bits per heavy atom. The van der Waals surface area contributed by atoms with Crippen LogP contribution in [0.3, 0.4) is 0 Å². The quantitative estimate of drug-likeness (QED) is 0.607. The Balaban J connectivity index is 1.94. The van der Waals surface area contributed by atoms with E-state index in [9.17, 15) is 4.79 Å². The molecule has 0 aliphatic rings. The topological polar surface area (TPSA) is 64.3 Å². The standard InChI is InChI=1S/C17H22N2O2/c1-2-9-21-10-5-8-19-17(20)15-11-13-6-3-4-7-14(13)12-16(15)18/h3-4,6-7,11-12H,2,5,8-10,18H2,1H3,(H,19,20). The molecule has 0 radical (unpaired) electrons. The van der Waals surface area contributed by atoms with Crippen LogP contribution in [0.15, 0.2) is 36.4 Å². The van der Waals surface area contributed by atoms with E-state index in [0.717, 1.165) is 30.2 Å². The molecule has 0 bridgehead atoms. The van der Waals surface area contributed by atoms with E-state index in [1.807, 2.05) is 36.4 Å². The summed E-state index contributed by atoms with van der Waals surface area (Å²) < 4.78 is 5.38. The summed E-state index contributed by atoms with van der Waals surface area (Å²) in [7, 11) is 0. The van der Waals surface area contributed by atoms with Gasteiger partial charge in [-0.3, -0.25) is 4.79 Å². The van der Waals surface area contributed by atoms with E-state index in [1.54, 1.807) is 0 Å². The summed E-state index contributed by atoms with van der Waals surface area (Å²) in [5.41, 5.74) is 7.01. The molecule has 4 nitrogen and oxygen atoms in total. The van der Waals surface area contributed by atoms with Crippen molar-refractivity contribution in [3.8, 4) is 0 Å². The normalized spacial score (nSPS) is 10.7. The minimum atomic E-state index is -0.131. The average molecular weight is 286 g/mol. The third-order valence-electron chi connectivity index (χ3n) is 3.26. The second kappa shape index (κ2) is 7.64. The van der Waals surface area contributed by atoms with E-state index in [2.05, 4.69) is 12.2 Å². The van der Waals surface area contributed by atoms with Crippen molar-refractivity contribution in [1.82, 2.24) is 5.32 Å². The molecule has 0 spiro atoms. The van der Waals surface area contributed by atoms with Crippen molar-refractivity contribution in [2.45, 2.75) is 19.8 Å². The number of fused-ring (bicyclic) bond motifs is 1. The van der Waals surface area contributed by atoms with Gasteiger partial charge in [-0.05, 0) is 35.7 Å². The Labute approximate surface area is 125 Å². The molecule has 0 fully saturated rings. The lowest BCUT2D eigenvalue weighted by Gasteiger charge is -2.09. The predicted molar refractivity (Wildman–Crippen MR) is 86.4 cm³/mol. The molecule has 1 amide bonds. The molecule has 0 aromatic heterocycles. The molecule has 0 aliphatic heterocycles. The number of ether oxygens (including phenoxy) is 1. The molecule has 0 saturated carbocycles. The van der Waals surface area contributed by atoms with Crippen LogP contribution in [0.25, 0.3) is 10.8 Å². The fourth-order valence-corrected chi connectivity index (χ4v) is 2.17. The molecule has 112 valence electrons. The van der Waals surface area contributed by atoms with Gasteiger partial charge in [0.1, 0.15) is 0 Å². The first-order valence-corrected chi connectivity index (χ1v) is 7.36. The van der Waals surface area contributed by atoms with Gasteiger partial charge in [0.2, 0.25) is 0 Å². The van der Waals surface area contributed by atoms with Gasteiger partial charge in [0.15, 0.2) is 0 Å². The fourth-order valence-electron chi connectivity index (χ4n) is 2.17. The van der Waals surface area contributed by atoms with Crippen LogP contribution in [0.2, 0.25) is 0 Å². The molecule has 0 atom stereocenters. The van der Waals surface area contributed by atoms with Gasteiger partial charge in [-0.1, -0.05) is 31.2 Å². The maximum atomic E-state index is 12.2. The Morgan fingerprint density at radius 3 is 2.62 bits per heavy atom. The smallest absolute Gasteiger partial charge is 0.253 e. The molecule has 2 rings (SSSR count). The number of nitrogens with one attached hydrogen (secondary N) is 1. The van der Waals surface area contributed by atoms with E-state index >= 15 is 0 Å². The van der Waals surface area contributed by atoms with Crippen LogP contribution in [-0.2, 0) is 4.74 Å². The third-order valence-corrected chi connectivity index (χ3v) is 3.26.